The first-order valence-electron chi connectivity index (χ1n) is 5.63. The predicted octanol–water partition coefficient (Wildman–Crippen LogP) is 4.63. The first-order valence-corrected chi connectivity index (χ1v) is 7.21. The van der Waals surface area contributed by atoms with Crippen LogP contribution in [0.2, 0.25) is 0 Å². The van der Waals surface area contributed by atoms with Crippen LogP contribution in [0.15, 0.2) is 21.1 Å². The van der Waals surface area contributed by atoms with E-state index in [0.29, 0.717) is 6.42 Å². The molecule has 0 spiro atoms. The van der Waals surface area contributed by atoms with E-state index in [1.807, 2.05) is 0 Å². The van der Waals surface area contributed by atoms with Crippen molar-refractivity contribution in [2.45, 2.75) is 26.2 Å². The number of nitrogens with zero attached hydrogens (tertiary/aromatic N) is 1. The lowest BCUT2D eigenvalue weighted by Gasteiger charge is -2.16. The molecule has 0 bridgehead atoms. The Balaban J connectivity index is 2.07. The van der Waals surface area contributed by atoms with Crippen LogP contribution < -0.4 is 5.32 Å². The van der Waals surface area contributed by atoms with Gasteiger partial charge in [0, 0.05) is 27.3 Å². The van der Waals surface area contributed by atoms with Gasteiger partial charge in [-0.15, -0.1) is 0 Å². The molecule has 90 valence electrons. The zero-order valence-electron chi connectivity index (χ0n) is 9.69. The summed E-state index contributed by atoms with van der Waals surface area (Å²) < 4.78 is 2.13. The zero-order chi connectivity index (χ0) is 12.5. The monoisotopic (exact) mass is 356 g/mol. The molecule has 0 atom stereocenters. The number of aryl methyl sites for hydroxylation is 1. The minimum absolute atomic E-state index is 0.221. The minimum atomic E-state index is 0.221. The van der Waals surface area contributed by atoms with Crippen LogP contribution in [0, 0.1) is 23.7 Å². The number of nitrogens with one attached hydrogen (secondary N) is 1. The van der Waals surface area contributed by atoms with Crippen molar-refractivity contribution in [2.75, 3.05) is 11.9 Å². The van der Waals surface area contributed by atoms with E-state index < -0.39 is 0 Å². The fourth-order valence-corrected chi connectivity index (χ4v) is 3.60. The van der Waals surface area contributed by atoms with Crippen LogP contribution in [-0.2, 0) is 0 Å². The lowest BCUT2D eigenvalue weighted by molar-refractivity contribution is 0.557. The molecule has 4 heteroatoms. The Labute approximate surface area is 119 Å². The van der Waals surface area contributed by atoms with Gasteiger partial charge in [0.2, 0.25) is 0 Å². The zero-order valence-corrected chi connectivity index (χ0v) is 12.9. The topological polar surface area (TPSA) is 35.8 Å². The quantitative estimate of drug-likeness (QED) is 0.852. The van der Waals surface area contributed by atoms with Crippen molar-refractivity contribution in [3.05, 3.63) is 26.6 Å². The molecule has 0 heterocycles. The second-order valence-electron chi connectivity index (χ2n) is 4.79. The van der Waals surface area contributed by atoms with Crippen molar-refractivity contribution in [1.82, 2.24) is 0 Å². The van der Waals surface area contributed by atoms with Gasteiger partial charge in [0.1, 0.15) is 0 Å². The van der Waals surface area contributed by atoms with Crippen LogP contribution >= 0.6 is 31.9 Å². The molecule has 0 amide bonds. The molecule has 1 fully saturated rings. The summed E-state index contributed by atoms with van der Waals surface area (Å²) in [6, 6.07) is 6.47. The summed E-state index contributed by atoms with van der Waals surface area (Å²) in [6.07, 6.45) is 2.98. The van der Waals surface area contributed by atoms with E-state index in [9.17, 15) is 0 Å². The average molecular weight is 358 g/mol. The van der Waals surface area contributed by atoms with Crippen molar-refractivity contribution in [3.63, 3.8) is 0 Å². The largest absolute Gasteiger partial charge is 0.383 e. The van der Waals surface area contributed by atoms with Crippen molar-refractivity contribution in [3.8, 4) is 6.07 Å². The van der Waals surface area contributed by atoms with Gasteiger partial charge >= 0.3 is 0 Å². The molecule has 1 aliphatic rings. The maximum absolute atomic E-state index is 8.79. The molecular weight excluding hydrogens is 344 g/mol. The maximum atomic E-state index is 8.79. The fraction of sp³-hybridized carbons (Fsp3) is 0.462. The molecule has 1 aliphatic carbocycles. The Hall–Kier alpha value is -0.530. The van der Waals surface area contributed by atoms with Crippen LogP contribution in [0.5, 0.6) is 0 Å². The van der Waals surface area contributed by atoms with E-state index in [1.165, 1.54) is 5.56 Å². The van der Waals surface area contributed by atoms with Gasteiger partial charge in [0.15, 0.2) is 0 Å². The van der Waals surface area contributed by atoms with Gasteiger partial charge in [0.25, 0.3) is 0 Å². The SMILES string of the molecule is Cc1cc(Br)c(NCC2(CC#N)CC2)c(Br)c1. The molecule has 1 aromatic rings. The highest BCUT2D eigenvalue weighted by atomic mass is 79.9. The van der Waals surface area contributed by atoms with Gasteiger partial charge in [-0.2, -0.15) is 5.26 Å². The highest BCUT2D eigenvalue weighted by Crippen LogP contribution is 2.49. The molecule has 1 saturated carbocycles. The molecule has 0 saturated heterocycles. The van der Waals surface area contributed by atoms with Crippen LogP contribution in [0.4, 0.5) is 5.69 Å². The number of nitriles is 1. The normalized spacial score (nSPS) is 16.4. The average Bonchev–Trinajstić information content (AvgIpc) is 2.97. The van der Waals surface area contributed by atoms with E-state index in [1.54, 1.807) is 0 Å². The Morgan fingerprint density at radius 1 is 1.35 bits per heavy atom. The number of anilines is 1. The lowest BCUT2D eigenvalue weighted by Crippen LogP contribution is -2.15. The van der Waals surface area contributed by atoms with Crippen LogP contribution in [-0.4, -0.2) is 6.54 Å². The third kappa shape index (κ3) is 3.02. The van der Waals surface area contributed by atoms with Crippen LogP contribution in [0.25, 0.3) is 0 Å². The number of hydrogen-bond donors (Lipinski definition) is 1. The molecule has 2 rings (SSSR count). The van der Waals surface area contributed by atoms with E-state index in [-0.39, 0.29) is 5.41 Å². The van der Waals surface area contributed by atoms with Crippen molar-refractivity contribution >= 4 is 37.5 Å². The van der Waals surface area contributed by atoms with Gasteiger partial charge in [-0.05, 0) is 69.3 Å². The van der Waals surface area contributed by atoms with Crippen LogP contribution in [0.3, 0.4) is 0 Å². The van der Waals surface area contributed by atoms with E-state index in [4.69, 9.17) is 5.26 Å². The minimum Gasteiger partial charge on any atom is -0.383 e. The second-order valence-corrected chi connectivity index (χ2v) is 6.50. The summed E-state index contributed by atoms with van der Waals surface area (Å²) in [5, 5.41) is 12.2. The van der Waals surface area contributed by atoms with Crippen molar-refractivity contribution < 1.29 is 0 Å². The second kappa shape index (κ2) is 4.99. The Morgan fingerprint density at radius 2 is 1.94 bits per heavy atom. The highest BCUT2D eigenvalue weighted by Gasteiger charge is 2.42. The smallest absolute Gasteiger partial charge is 0.0629 e. The summed E-state index contributed by atoms with van der Waals surface area (Å²) in [5.74, 6) is 0. The van der Waals surface area contributed by atoms with Gasteiger partial charge in [-0.1, -0.05) is 0 Å². The number of benzene rings is 1. The number of hydrogen-bond acceptors (Lipinski definition) is 2. The summed E-state index contributed by atoms with van der Waals surface area (Å²) in [4.78, 5) is 0. The summed E-state index contributed by atoms with van der Waals surface area (Å²) in [5.41, 5.74) is 2.52. The van der Waals surface area contributed by atoms with Gasteiger partial charge in [0.05, 0.1) is 11.8 Å². The maximum Gasteiger partial charge on any atom is 0.0629 e. The molecule has 2 nitrogen and oxygen atoms in total. The first kappa shape index (κ1) is 12.9. The molecule has 0 aliphatic heterocycles. The van der Waals surface area contributed by atoms with Gasteiger partial charge in [-0.25, -0.2) is 0 Å². The van der Waals surface area contributed by atoms with Gasteiger partial charge in [-0.3, -0.25) is 0 Å². The first-order chi connectivity index (χ1) is 8.06. The molecule has 0 radical (unpaired) electrons. The molecule has 17 heavy (non-hydrogen) atoms. The van der Waals surface area contributed by atoms with E-state index in [0.717, 1.165) is 34.0 Å². The van der Waals surface area contributed by atoms with Crippen LogP contribution in [0.1, 0.15) is 24.8 Å². The molecule has 1 aromatic carbocycles. The molecule has 0 aromatic heterocycles. The Bertz CT molecular complexity index is 450. The summed E-state index contributed by atoms with van der Waals surface area (Å²) >= 11 is 7.14. The van der Waals surface area contributed by atoms with E-state index in [2.05, 4.69) is 62.3 Å². The standard InChI is InChI=1S/C13H14Br2N2/c1-9-6-10(14)12(11(15)7-9)17-8-13(2-3-13)4-5-16/h6-7,17H,2-4,8H2,1H3. The van der Waals surface area contributed by atoms with E-state index >= 15 is 0 Å². The Morgan fingerprint density at radius 3 is 2.41 bits per heavy atom. The lowest BCUT2D eigenvalue weighted by atomic mass is 10.0. The molecular formula is C13H14Br2N2. The van der Waals surface area contributed by atoms with Crippen molar-refractivity contribution in [2.24, 2.45) is 5.41 Å². The Kier molecular flexibility index (Phi) is 3.79. The number of rotatable bonds is 4. The van der Waals surface area contributed by atoms with Crippen molar-refractivity contribution in [1.29, 1.82) is 5.26 Å². The fourth-order valence-electron chi connectivity index (χ4n) is 1.91. The van der Waals surface area contributed by atoms with Gasteiger partial charge < -0.3 is 5.32 Å². The highest BCUT2D eigenvalue weighted by molar-refractivity contribution is 9.11. The summed E-state index contributed by atoms with van der Waals surface area (Å²) in [6.45, 7) is 2.94. The third-order valence-corrected chi connectivity index (χ3v) is 4.49. The number of halogens is 2. The summed E-state index contributed by atoms with van der Waals surface area (Å²) in [7, 11) is 0. The molecule has 0 unspecified atom stereocenters. The molecule has 1 N–H and O–H groups in total. The third-order valence-electron chi connectivity index (χ3n) is 3.24. The predicted molar refractivity (Wildman–Crippen MR) is 77.0 cm³/mol.